The van der Waals surface area contributed by atoms with Crippen LogP contribution in [0.3, 0.4) is 0 Å². The smallest absolute Gasteiger partial charge is 0.224 e. The third-order valence-corrected chi connectivity index (χ3v) is 4.25. The first-order chi connectivity index (χ1) is 11.9. The van der Waals surface area contributed by atoms with E-state index < -0.39 is 5.82 Å². The van der Waals surface area contributed by atoms with Crippen molar-refractivity contribution in [2.24, 2.45) is 5.92 Å². The van der Waals surface area contributed by atoms with Crippen molar-refractivity contribution in [1.29, 1.82) is 0 Å². The first-order valence-electron chi connectivity index (χ1n) is 8.80. The van der Waals surface area contributed by atoms with Gasteiger partial charge in [0.15, 0.2) is 0 Å². The highest BCUT2D eigenvalue weighted by Gasteiger charge is 2.27. The van der Waals surface area contributed by atoms with Crippen molar-refractivity contribution < 1.29 is 18.7 Å². The van der Waals surface area contributed by atoms with E-state index in [0.717, 1.165) is 12.0 Å². The second-order valence-electron chi connectivity index (χ2n) is 6.98. The van der Waals surface area contributed by atoms with Crippen molar-refractivity contribution >= 4 is 17.5 Å². The Hall–Kier alpha value is -1.95. The SMILES string of the molecule is Cc1ccc(F)c(NC(=O)CCC(=O)N2CCOC[C@H]2CC(C)C)c1. The van der Waals surface area contributed by atoms with Gasteiger partial charge in [-0.25, -0.2) is 4.39 Å². The molecule has 25 heavy (non-hydrogen) atoms. The molecule has 6 heteroatoms. The molecule has 0 saturated carbocycles. The van der Waals surface area contributed by atoms with Crippen LogP contribution in [-0.4, -0.2) is 42.5 Å². The van der Waals surface area contributed by atoms with Crippen LogP contribution in [0.4, 0.5) is 10.1 Å². The fourth-order valence-corrected chi connectivity index (χ4v) is 3.03. The number of hydrogen-bond donors (Lipinski definition) is 1. The third kappa shape index (κ3) is 5.81. The van der Waals surface area contributed by atoms with Gasteiger partial charge in [-0.15, -0.1) is 0 Å². The Balaban J connectivity index is 1.87. The molecular weight excluding hydrogens is 323 g/mol. The second-order valence-corrected chi connectivity index (χ2v) is 6.98. The highest BCUT2D eigenvalue weighted by molar-refractivity contribution is 5.93. The summed E-state index contributed by atoms with van der Waals surface area (Å²) in [5, 5.41) is 2.54. The van der Waals surface area contributed by atoms with E-state index in [1.165, 1.54) is 6.07 Å². The average Bonchev–Trinajstić information content (AvgIpc) is 2.56. The highest BCUT2D eigenvalue weighted by atomic mass is 19.1. The molecule has 1 aliphatic rings. The van der Waals surface area contributed by atoms with E-state index in [-0.39, 0.29) is 36.4 Å². The Morgan fingerprint density at radius 3 is 2.84 bits per heavy atom. The molecular formula is C19H27FN2O3. The Kier molecular flexibility index (Phi) is 6.93. The standard InChI is InChI=1S/C19H27FN2O3/c1-13(2)10-15-12-25-9-8-22(15)19(24)7-6-18(23)21-17-11-14(3)4-5-16(17)20/h4-5,11,13,15H,6-10,12H2,1-3H3,(H,21,23)/t15-/m1/s1. The lowest BCUT2D eigenvalue weighted by molar-refractivity contribution is -0.141. The molecule has 1 N–H and O–H groups in total. The number of halogens is 1. The number of rotatable bonds is 6. The van der Waals surface area contributed by atoms with Crippen molar-refractivity contribution in [3.63, 3.8) is 0 Å². The van der Waals surface area contributed by atoms with Gasteiger partial charge in [0.1, 0.15) is 5.82 Å². The molecule has 1 aromatic rings. The Labute approximate surface area is 148 Å². The largest absolute Gasteiger partial charge is 0.377 e. The van der Waals surface area contributed by atoms with Gasteiger partial charge in [-0.2, -0.15) is 0 Å². The van der Waals surface area contributed by atoms with Crippen molar-refractivity contribution in [2.45, 2.75) is 46.1 Å². The van der Waals surface area contributed by atoms with Crippen LogP contribution in [0.5, 0.6) is 0 Å². The van der Waals surface area contributed by atoms with Crippen LogP contribution in [0.2, 0.25) is 0 Å². The lowest BCUT2D eigenvalue weighted by atomic mass is 10.0. The molecule has 1 saturated heterocycles. The van der Waals surface area contributed by atoms with Gasteiger partial charge in [-0.05, 0) is 37.0 Å². The second kappa shape index (κ2) is 8.94. The van der Waals surface area contributed by atoms with Gasteiger partial charge in [0.25, 0.3) is 0 Å². The monoisotopic (exact) mass is 350 g/mol. The third-order valence-electron chi connectivity index (χ3n) is 4.25. The minimum absolute atomic E-state index is 0.0397. The highest BCUT2D eigenvalue weighted by Crippen LogP contribution is 2.18. The number of anilines is 1. The maximum atomic E-state index is 13.7. The van der Waals surface area contributed by atoms with Crippen molar-refractivity contribution in [1.82, 2.24) is 4.90 Å². The number of amides is 2. The number of hydrogen-bond acceptors (Lipinski definition) is 3. The molecule has 138 valence electrons. The molecule has 1 fully saturated rings. The van der Waals surface area contributed by atoms with Gasteiger partial charge in [0.2, 0.25) is 11.8 Å². The molecule has 5 nitrogen and oxygen atoms in total. The molecule has 0 aromatic heterocycles. The molecule has 1 aliphatic heterocycles. The summed E-state index contributed by atoms with van der Waals surface area (Å²) in [4.78, 5) is 26.4. The van der Waals surface area contributed by atoms with Gasteiger partial charge in [-0.1, -0.05) is 19.9 Å². The fourth-order valence-electron chi connectivity index (χ4n) is 3.03. The summed E-state index contributed by atoms with van der Waals surface area (Å²) < 4.78 is 19.2. The number of morpholine rings is 1. The van der Waals surface area contributed by atoms with Gasteiger partial charge >= 0.3 is 0 Å². The summed E-state index contributed by atoms with van der Waals surface area (Å²) in [5.74, 6) is -0.412. The van der Waals surface area contributed by atoms with Gasteiger partial charge in [0, 0.05) is 19.4 Å². The summed E-state index contributed by atoms with van der Waals surface area (Å²) in [5.41, 5.74) is 1.01. The van der Waals surface area contributed by atoms with E-state index in [9.17, 15) is 14.0 Å². The van der Waals surface area contributed by atoms with Crippen LogP contribution in [0.1, 0.15) is 38.7 Å². The normalized spacial score (nSPS) is 17.6. The zero-order valence-electron chi connectivity index (χ0n) is 15.2. The topological polar surface area (TPSA) is 58.6 Å². The first kappa shape index (κ1) is 19.4. The molecule has 1 aromatic carbocycles. The molecule has 1 heterocycles. The summed E-state index contributed by atoms with van der Waals surface area (Å²) in [6.45, 7) is 7.68. The van der Waals surface area contributed by atoms with Crippen molar-refractivity contribution in [2.75, 3.05) is 25.1 Å². The molecule has 0 radical (unpaired) electrons. The number of aryl methyl sites for hydroxylation is 1. The van der Waals surface area contributed by atoms with Gasteiger partial charge < -0.3 is 15.0 Å². The minimum atomic E-state index is -0.476. The number of carbonyl (C=O) groups is 2. The van der Waals surface area contributed by atoms with Gasteiger partial charge in [0.05, 0.1) is 24.9 Å². The molecule has 0 spiro atoms. The van der Waals surface area contributed by atoms with Crippen LogP contribution in [0.15, 0.2) is 18.2 Å². The first-order valence-corrected chi connectivity index (χ1v) is 8.80. The number of carbonyl (C=O) groups excluding carboxylic acids is 2. The van der Waals surface area contributed by atoms with E-state index >= 15 is 0 Å². The van der Waals surface area contributed by atoms with Crippen LogP contribution in [-0.2, 0) is 14.3 Å². The summed E-state index contributed by atoms with van der Waals surface area (Å²) in [7, 11) is 0. The fraction of sp³-hybridized carbons (Fsp3) is 0.579. The number of nitrogens with one attached hydrogen (secondary N) is 1. The lowest BCUT2D eigenvalue weighted by Crippen LogP contribution is -2.49. The molecule has 0 aliphatic carbocycles. The maximum absolute atomic E-state index is 13.7. The van der Waals surface area contributed by atoms with Crippen LogP contribution in [0.25, 0.3) is 0 Å². The quantitative estimate of drug-likeness (QED) is 0.857. The number of nitrogens with zero attached hydrogens (tertiary/aromatic N) is 1. The number of ether oxygens (including phenoxy) is 1. The van der Waals surface area contributed by atoms with Crippen molar-refractivity contribution in [3.8, 4) is 0 Å². The maximum Gasteiger partial charge on any atom is 0.224 e. The number of benzene rings is 1. The predicted octanol–water partition coefficient (Wildman–Crippen LogP) is 3.13. The molecule has 0 bridgehead atoms. The summed E-state index contributed by atoms with van der Waals surface area (Å²) in [6, 6.07) is 4.61. The minimum Gasteiger partial charge on any atom is -0.377 e. The predicted molar refractivity (Wildman–Crippen MR) is 94.8 cm³/mol. The lowest BCUT2D eigenvalue weighted by Gasteiger charge is -2.36. The summed E-state index contributed by atoms with van der Waals surface area (Å²) in [6.07, 6.45) is 1.04. The van der Waals surface area contributed by atoms with E-state index in [4.69, 9.17) is 4.74 Å². The summed E-state index contributed by atoms with van der Waals surface area (Å²) >= 11 is 0. The van der Waals surface area contributed by atoms with E-state index in [2.05, 4.69) is 19.2 Å². The van der Waals surface area contributed by atoms with E-state index in [0.29, 0.717) is 25.7 Å². The Morgan fingerprint density at radius 2 is 2.12 bits per heavy atom. The molecule has 2 rings (SSSR count). The molecule has 2 amide bonds. The zero-order valence-corrected chi connectivity index (χ0v) is 15.2. The average molecular weight is 350 g/mol. The van der Waals surface area contributed by atoms with Crippen LogP contribution >= 0.6 is 0 Å². The van der Waals surface area contributed by atoms with Gasteiger partial charge in [-0.3, -0.25) is 9.59 Å². The van der Waals surface area contributed by atoms with Crippen LogP contribution < -0.4 is 5.32 Å². The van der Waals surface area contributed by atoms with E-state index in [1.807, 2.05) is 11.8 Å². The van der Waals surface area contributed by atoms with Crippen molar-refractivity contribution in [3.05, 3.63) is 29.6 Å². The molecule has 0 unspecified atom stereocenters. The van der Waals surface area contributed by atoms with E-state index in [1.54, 1.807) is 12.1 Å². The van der Waals surface area contributed by atoms with Crippen LogP contribution in [0, 0.1) is 18.7 Å². The zero-order chi connectivity index (χ0) is 18.4. The Morgan fingerprint density at radius 1 is 1.36 bits per heavy atom. The molecule has 1 atom stereocenters. The Bertz CT molecular complexity index is 619.